The highest BCUT2D eigenvalue weighted by atomic mass is 15.2. The Bertz CT molecular complexity index is 1440. The molecule has 2 aliphatic rings. The highest BCUT2D eigenvalue weighted by Crippen LogP contribution is 2.47. The van der Waals surface area contributed by atoms with Crippen LogP contribution in [0.5, 0.6) is 0 Å². The van der Waals surface area contributed by atoms with Gasteiger partial charge in [-0.1, -0.05) is 49.9 Å². The van der Waals surface area contributed by atoms with Gasteiger partial charge in [-0.2, -0.15) is 0 Å². The summed E-state index contributed by atoms with van der Waals surface area (Å²) in [7, 11) is 0. The van der Waals surface area contributed by atoms with Crippen LogP contribution in [0.15, 0.2) is 97.6 Å². The van der Waals surface area contributed by atoms with Gasteiger partial charge in [0.15, 0.2) is 0 Å². The van der Waals surface area contributed by atoms with Crippen LogP contribution in [0, 0.1) is 5.92 Å². The summed E-state index contributed by atoms with van der Waals surface area (Å²) >= 11 is 0. The van der Waals surface area contributed by atoms with Crippen LogP contribution in [0.1, 0.15) is 43.4 Å². The lowest BCUT2D eigenvalue weighted by Crippen LogP contribution is -2.44. The smallest absolute Gasteiger partial charge is 0.128 e. The van der Waals surface area contributed by atoms with Crippen molar-refractivity contribution in [3.63, 3.8) is 0 Å². The molecule has 1 unspecified atom stereocenters. The minimum absolute atomic E-state index is 0.373. The molecular formula is C33H35N5. The number of hydrogen-bond donors (Lipinski definition) is 2. The number of nitrogens with zero attached hydrogens (tertiary/aromatic N) is 3. The summed E-state index contributed by atoms with van der Waals surface area (Å²) in [4.78, 5) is 11.7. The predicted molar refractivity (Wildman–Crippen MR) is 158 cm³/mol. The van der Waals surface area contributed by atoms with Crippen LogP contribution in [0.25, 0.3) is 11.1 Å². The molecule has 4 aromatic rings. The van der Waals surface area contributed by atoms with Gasteiger partial charge in [0.2, 0.25) is 0 Å². The van der Waals surface area contributed by atoms with Crippen molar-refractivity contribution in [2.24, 2.45) is 5.92 Å². The van der Waals surface area contributed by atoms with Crippen LogP contribution < -0.4 is 15.5 Å². The van der Waals surface area contributed by atoms with E-state index >= 15 is 0 Å². The van der Waals surface area contributed by atoms with E-state index in [9.17, 15) is 0 Å². The fourth-order valence-corrected chi connectivity index (χ4v) is 5.52. The largest absolute Gasteiger partial charge is 0.370 e. The fraction of sp³-hybridized carbons (Fsp3) is 0.273. The summed E-state index contributed by atoms with van der Waals surface area (Å²) in [5, 5.41) is 7.11. The molecule has 5 heteroatoms. The van der Waals surface area contributed by atoms with Crippen LogP contribution in [0.2, 0.25) is 0 Å². The maximum Gasteiger partial charge on any atom is 0.128 e. The average Bonchev–Trinajstić information content (AvgIpc) is 2.94. The monoisotopic (exact) mass is 501 g/mol. The maximum absolute atomic E-state index is 4.74. The van der Waals surface area contributed by atoms with E-state index in [0.29, 0.717) is 0 Å². The lowest BCUT2D eigenvalue weighted by molar-refractivity contribution is 0.436. The normalized spacial score (nSPS) is 18.7. The first-order valence-electron chi connectivity index (χ1n) is 13.6. The van der Waals surface area contributed by atoms with E-state index < -0.39 is 0 Å². The first-order chi connectivity index (χ1) is 18.5. The van der Waals surface area contributed by atoms with Crippen molar-refractivity contribution in [1.29, 1.82) is 0 Å². The van der Waals surface area contributed by atoms with Gasteiger partial charge in [-0.15, -0.1) is 0 Å². The van der Waals surface area contributed by atoms with Gasteiger partial charge in [0, 0.05) is 48.0 Å². The number of pyridine rings is 2. The van der Waals surface area contributed by atoms with Gasteiger partial charge in [0.25, 0.3) is 0 Å². The van der Waals surface area contributed by atoms with Crippen molar-refractivity contribution in [3.8, 4) is 11.1 Å². The molecule has 5 nitrogen and oxygen atoms in total. The van der Waals surface area contributed by atoms with E-state index in [1.54, 1.807) is 0 Å². The van der Waals surface area contributed by atoms with E-state index in [1.165, 1.54) is 29.5 Å². The molecule has 2 aliphatic heterocycles. The molecule has 1 saturated heterocycles. The van der Waals surface area contributed by atoms with Crippen LogP contribution in [0.3, 0.4) is 0 Å². The Kier molecular flexibility index (Phi) is 6.36. The fourth-order valence-electron chi connectivity index (χ4n) is 5.52. The third-order valence-electron chi connectivity index (χ3n) is 8.08. The molecule has 0 radical (unpaired) electrons. The number of fused-ring (bicyclic) bond motifs is 1. The van der Waals surface area contributed by atoms with Gasteiger partial charge < -0.3 is 15.5 Å². The summed E-state index contributed by atoms with van der Waals surface area (Å²) in [6.45, 7) is 11.1. The summed E-state index contributed by atoms with van der Waals surface area (Å²) in [6.07, 6.45) is 9.16. The zero-order chi connectivity index (χ0) is 26.1. The highest BCUT2D eigenvalue weighted by molar-refractivity contribution is 5.77. The molecule has 0 aliphatic carbocycles. The molecule has 38 heavy (non-hydrogen) atoms. The third-order valence-corrected chi connectivity index (χ3v) is 8.08. The lowest BCUT2D eigenvalue weighted by Gasteiger charge is -2.45. The Hall–Kier alpha value is -4.12. The van der Waals surface area contributed by atoms with Gasteiger partial charge in [0.05, 0.1) is 11.9 Å². The Morgan fingerprint density at radius 2 is 1.79 bits per heavy atom. The first-order valence-corrected chi connectivity index (χ1v) is 13.6. The van der Waals surface area contributed by atoms with E-state index in [4.69, 9.17) is 4.98 Å². The number of piperidine rings is 1. The molecule has 1 fully saturated rings. The number of aromatic nitrogens is 2. The van der Waals surface area contributed by atoms with Crippen molar-refractivity contribution in [3.05, 3.63) is 114 Å². The van der Waals surface area contributed by atoms with Gasteiger partial charge in [-0.25, -0.2) is 4.98 Å². The van der Waals surface area contributed by atoms with E-state index in [2.05, 4.69) is 108 Å². The Morgan fingerprint density at radius 1 is 0.974 bits per heavy atom. The molecule has 1 atom stereocenters. The van der Waals surface area contributed by atoms with Gasteiger partial charge in [-0.05, 0) is 79.1 Å². The second-order valence-electron chi connectivity index (χ2n) is 10.9. The minimum Gasteiger partial charge on any atom is -0.370 e. The average molecular weight is 502 g/mol. The van der Waals surface area contributed by atoms with Crippen molar-refractivity contribution in [2.45, 2.75) is 38.6 Å². The molecule has 6 rings (SSSR count). The third kappa shape index (κ3) is 4.76. The molecule has 0 saturated carbocycles. The molecule has 2 aromatic heterocycles. The van der Waals surface area contributed by atoms with Gasteiger partial charge >= 0.3 is 0 Å². The SMILES string of the molecule is C=C(Nc1ccc(N2CCC(C)CC2)nc1)C1(C)Nc2ccc(-c3cncc(Cc4ccccc4)c3)cc21. The van der Waals surface area contributed by atoms with E-state index in [0.717, 1.165) is 59.4 Å². The lowest BCUT2D eigenvalue weighted by atomic mass is 9.79. The summed E-state index contributed by atoms with van der Waals surface area (Å²) in [5.41, 5.74) is 8.63. The topological polar surface area (TPSA) is 53.1 Å². The number of hydrogen-bond acceptors (Lipinski definition) is 5. The van der Waals surface area contributed by atoms with Crippen molar-refractivity contribution < 1.29 is 0 Å². The van der Waals surface area contributed by atoms with Crippen molar-refractivity contribution in [2.75, 3.05) is 28.6 Å². The highest BCUT2D eigenvalue weighted by Gasteiger charge is 2.40. The summed E-state index contributed by atoms with van der Waals surface area (Å²) in [5.74, 6) is 1.86. The quantitative estimate of drug-likeness (QED) is 0.280. The Balaban J connectivity index is 1.16. The molecule has 0 spiro atoms. The first kappa shape index (κ1) is 24.2. The number of rotatable bonds is 7. The molecule has 192 valence electrons. The minimum atomic E-state index is -0.373. The van der Waals surface area contributed by atoms with Gasteiger partial charge in [0.1, 0.15) is 11.4 Å². The molecule has 0 bridgehead atoms. The second kappa shape index (κ2) is 9.97. The molecular weight excluding hydrogens is 466 g/mol. The number of benzene rings is 2. The standard InChI is InChI=1S/C33H35N5/c1-23-13-15-38(16-14-23)32-12-10-29(22-35-32)36-24(2)33(3)30-19-27(9-11-31(30)37-33)28-18-26(20-34-21-28)17-25-7-5-4-6-8-25/h4-12,18-23,36-37H,2,13-17H2,1,3H3. The number of nitrogens with one attached hydrogen (secondary N) is 2. The molecule has 0 amide bonds. The van der Waals surface area contributed by atoms with Crippen LogP contribution in [0.4, 0.5) is 17.2 Å². The Morgan fingerprint density at radius 3 is 2.55 bits per heavy atom. The van der Waals surface area contributed by atoms with Gasteiger partial charge in [-0.3, -0.25) is 4.98 Å². The second-order valence-corrected chi connectivity index (χ2v) is 10.9. The predicted octanol–water partition coefficient (Wildman–Crippen LogP) is 7.24. The van der Waals surface area contributed by atoms with Crippen molar-refractivity contribution >= 4 is 17.2 Å². The van der Waals surface area contributed by atoms with E-state index in [1.807, 2.05) is 18.6 Å². The Labute approximate surface area is 225 Å². The molecule has 2 aromatic carbocycles. The zero-order valence-corrected chi connectivity index (χ0v) is 22.2. The van der Waals surface area contributed by atoms with Crippen LogP contribution in [-0.2, 0) is 12.0 Å². The van der Waals surface area contributed by atoms with E-state index in [-0.39, 0.29) is 5.54 Å². The van der Waals surface area contributed by atoms with Crippen LogP contribution >= 0.6 is 0 Å². The summed E-state index contributed by atoms with van der Waals surface area (Å²) < 4.78 is 0. The van der Waals surface area contributed by atoms with Crippen LogP contribution in [-0.4, -0.2) is 23.1 Å². The maximum atomic E-state index is 4.74. The molecule has 2 N–H and O–H groups in total. The summed E-state index contributed by atoms with van der Waals surface area (Å²) in [6, 6.07) is 23.6. The molecule has 4 heterocycles. The van der Waals surface area contributed by atoms with Crippen molar-refractivity contribution in [1.82, 2.24) is 9.97 Å². The number of anilines is 3. The zero-order valence-electron chi connectivity index (χ0n) is 22.2.